The van der Waals surface area contributed by atoms with Crippen molar-refractivity contribution in [3.8, 4) is 11.5 Å². The van der Waals surface area contributed by atoms with Crippen LogP contribution in [-0.2, 0) is 11.3 Å². The standard InChI is InChI=1S/C24H29N3O3/c1-2-3-15-27-23(29)25-22(28)24(27)13-16-26(17-14-24)18-19-9-11-21(12-10-19)30-20-7-5-4-6-8-20/h4-12H,2-3,13-18H2,1H3,(H,25,28,29). The SMILES string of the molecule is CCCCN1C(=O)NC(=O)C12CCN(Cc1ccc(Oc3ccccc3)cc1)CC2. The number of para-hydroxylation sites is 1. The summed E-state index contributed by atoms with van der Waals surface area (Å²) in [6, 6.07) is 17.7. The molecule has 0 radical (unpaired) electrons. The van der Waals surface area contributed by atoms with Crippen LogP contribution in [-0.4, -0.2) is 46.9 Å². The molecule has 0 aromatic heterocycles. The predicted molar refractivity (Wildman–Crippen MR) is 115 cm³/mol. The first kappa shape index (κ1) is 20.4. The average Bonchev–Trinajstić information content (AvgIpc) is 2.99. The quantitative estimate of drug-likeness (QED) is 0.700. The number of carbonyl (C=O) groups is 2. The van der Waals surface area contributed by atoms with Gasteiger partial charge >= 0.3 is 6.03 Å². The summed E-state index contributed by atoms with van der Waals surface area (Å²) in [4.78, 5) is 29.0. The van der Waals surface area contributed by atoms with E-state index in [1.54, 1.807) is 4.90 Å². The fourth-order valence-electron chi connectivity index (χ4n) is 4.35. The molecule has 0 unspecified atom stereocenters. The highest BCUT2D eigenvalue weighted by molar-refractivity contribution is 6.07. The summed E-state index contributed by atoms with van der Waals surface area (Å²) >= 11 is 0. The van der Waals surface area contributed by atoms with Gasteiger partial charge in [-0.05, 0) is 49.1 Å². The fourth-order valence-corrected chi connectivity index (χ4v) is 4.35. The van der Waals surface area contributed by atoms with Crippen molar-refractivity contribution in [3.05, 3.63) is 60.2 Å². The first-order valence-corrected chi connectivity index (χ1v) is 10.8. The maximum atomic E-state index is 12.6. The Labute approximate surface area is 177 Å². The number of benzene rings is 2. The Morgan fingerprint density at radius 3 is 2.30 bits per heavy atom. The Kier molecular flexibility index (Phi) is 6.04. The molecule has 3 amide bonds. The largest absolute Gasteiger partial charge is 0.457 e. The van der Waals surface area contributed by atoms with Crippen LogP contribution in [0.25, 0.3) is 0 Å². The van der Waals surface area contributed by atoms with Crippen LogP contribution >= 0.6 is 0 Å². The summed E-state index contributed by atoms with van der Waals surface area (Å²) in [6.07, 6.45) is 3.29. The number of urea groups is 1. The number of amides is 3. The third kappa shape index (κ3) is 4.19. The fraction of sp³-hybridized carbons (Fsp3) is 0.417. The highest BCUT2D eigenvalue weighted by atomic mass is 16.5. The Hall–Kier alpha value is -2.86. The Morgan fingerprint density at radius 1 is 0.967 bits per heavy atom. The Morgan fingerprint density at radius 2 is 1.63 bits per heavy atom. The molecule has 158 valence electrons. The second-order valence-corrected chi connectivity index (χ2v) is 8.13. The number of carbonyl (C=O) groups excluding carboxylic acids is 2. The van der Waals surface area contributed by atoms with E-state index in [1.165, 1.54) is 5.56 Å². The molecule has 2 aliphatic rings. The summed E-state index contributed by atoms with van der Waals surface area (Å²) in [5.74, 6) is 1.52. The zero-order valence-electron chi connectivity index (χ0n) is 17.5. The van der Waals surface area contributed by atoms with Gasteiger partial charge in [-0.1, -0.05) is 43.7 Å². The molecule has 2 fully saturated rings. The van der Waals surface area contributed by atoms with E-state index in [1.807, 2.05) is 42.5 Å². The summed E-state index contributed by atoms with van der Waals surface area (Å²) < 4.78 is 5.86. The van der Waals surface area contributed by atoms with E-state index in [4.69, 9.17) is 4.74 Å². The molecule has 2 aromatic rings. The Bertz CT molecular complexity index is 874. The zero-order valence-corrected chi connectivity index (χ0v) is 17.5. The van der Waals surface area contributed by atoms with Gasteiger partial charge in [-0.3, -0.25) is 15.0 Å². The minimum Gasteiger partial charge on any atom is -0.457 e. The molecule has 4 rings (SSSR count). The van der Waals surface area contributed by atoms with E-state index in [0.717, 1.165) is 44.0 Å². The lowest BCUT2D eigenvalue weighted by molar-refractivity contribution is -0.129. The van der Waals surface area contributed by atoms with E-state index in [0.29, 0.717) is 19.4 Å². The number of hydrogen-bond acceptors (Lipinski definition) is 4. The second kappa shape index (κ2) is 8.88. The molecule has 2 saturated heterocycles. The van der Waals surface area contributed by atoms with Gasteiger partial charge in [-0.15, -0.1) is 0 Å². The van der Waals surface area contributed by atoms with Crippen molar-refractivity contribution in [2.75, 3.05) is 19.6 Å². The molecule has 0 aliphatic carbocycles. The summed E-state index contributed by atoms with van der Waals surface area (Å²) in [5, 5.41) is 2.54. The van der Waals surface area contributed by atoms with Crippen LogP contribution in [0.5, 0.6) is 11.5 Å². The van der Waals surface area contributed by atoms with Crippen molar-refractivity contribution in [3.63, 3.8) is 0 Å². The molecule has 0 atom stereocenters. The van der Waals surface area contributed by atoms with E-state index < -0.39 is 5.54 Å². The van der Waals surface area contributed by atoms with Crippen LogP contribution in [0.15, 0.2) is 54.6 Å². The molecule has 1 N–H and O–H groups in total. The highest BCUT2D eigenvalue weighted by Gasteiger charge is 2.53. The second-order valence-electron chi connectivity index (χ2n) is 8.13. The van der Waals surface area contributed by atoms with Crippen molar-refractivity contribution in [1.29, 1.82) is 0 Å². The van der Waals surface area contributed by atoms with Gasteiger partial charge < -0.3 is 9.64 Å². The molecule has 0 bridgehead atoms. The molecular formula is C24H29N3O3. The monoisotopic (exact) mass is 407 g/mol. The van der Waals surface area contributed by atoms with Crippen molar-refractivity contribution >= 4 is 11.9 Å². The van der Waals surface area contributed by atoms with Crippen LogP contribution in [0, 0.1) is 0 Å². The van der Waals surface area contributed by atoms with E-state index in [2.05, 4.69) is 29.3 Å². The highest BCUT2D eigenvalue weighted by Crippen LogP contribution is 2.34. The van der Waals surface area contributed by atoms with Gasteiger partial charge in [0.05, 0.1) is 0 Å². The number of ether oxygens (including phenoxy) is 1. The number of hydrogen-bond donors (Lipinski definition) is 1. The minimum absolute atomic E-state index is 0.120. The third-order valence-corrected chi connectivity index (χ3v) is 6.13. The van der Waals surface area contributed by atoms with Crippen LogP contribution in [0.3, 0.4) is 0 Å². The van der Waals surface area contributed by atoms with E-state index >= 15 is 0 Å². The number of nitrogens with one attached hydrogen (secondary N) is 1. The van der Waals surface area contributed by atoms with Crippen LogP contribution in [0.2, 0.25) is 0 Å². The van der Waals surface area contributed by atoms with Crippen molar-refractivity contribution < 1.29 is 14.3 Å². The van der Waals surface area contributed by atoms with Gasteiger partial charge in [0, 0.05) is 26.2 Å². The van der Waals surface area contributed by atoms with Crippen LogP contribution in [0.1, 0.15) is 38.2 Å². The molecule has 1 spiro atoms. The molecule has 30 heavy (non-hydrogen) atoms. The van der Waals surface area contributed by atoms with Gasteiger partial charge in [0.1, 0.15) is 17.0 Å². The van der Waals surface area contributed by atoms with Crippen molar-refractivity contribution in [1.82, 2.24) is 15.1 Å². The zero-order chi connectivity index (χ0) is 21.0. The predicted octanol–water partition coefficient (Wildman–Crippen LogP) is 4.17. The first-order chi connectivity index (χ1) is 14.6. The average molecular weight is 408 g/mol. The molecule has 6 nitrogen and oxygen atoms in total. The number of rotatable bonds is 7. The van der Waals surface area contributed by atoms with Gasteiger partial charge in [0.2, 0.25) is 0 Å². The molecule has 2 heterocycles. The third-order valence-electron chi connectivity index (χ3n) is 6.13. The maximum Gasteiger partial charge on any atom is 0.325 e. The topological polar surface area (TPSA) is 61.9 Å². The maximum absolute atomic E-state index is 12.6. The van der Waals surface area contributed by atoms with E-state index in [-0.39, 0.29) is 11.9 Å². The molecular weight excluding hydrogens is 378 g/mol. The van der Waals surface area contributed by atoms with Gasteiger partial charge in [-0.25, -0.2) is 4.79 Å². The molecule has 2 aliphatic heterocycles. The summed E-state index contributed by atoms with van der Waals surface area (Å²) in [6.45, 7) is 5.17. The number of unbranched alkanes of at least 4 members (excludes halogenated alkanes) is 1. The molecule has 2 aromatic carbocycles. The Balaban J connectivity index is 1.34. The van der Waals surface area contributed by atoms with Gasteiger partial charge in [0.15, 0.2) is 0 Å². The van der Waals surface area contributed by atoms with Crippen LogP contribution in [0.4, 0.5) is 4.79 Å². The number of imide groups is 1. The van der Waals surface area contributed by atoms with Crippen LogP contribution < -0.4 is 10.1 Å². The van der Waals surface area contributed by atoms with Gasteiger partial charge in [-0.2, -0.15) is 0 Å². The normalized spacial score (nSPS) is 18.6. The lowest BCUT2D eigenvalue weighted by Gasteiger charge is -2.42. The molecule has 0 saturated carbocycles. The minimum atomic E-state index is -0.657. The smallest absolute Gasteiger partial charge is 0.325 e. The molecule has 6 heteroatoms. The number of nitrogens with zero attached hydrogens (tertiary/aromatic N) is 2. The lowest BCUT2D eigenvalue weighted by Crippen LogP contribution is -2.56. The van der Waals surface area contributed by atoms with Crippen molar-refractivity contribution in [2.24, 2.45) is 0 Å². The number of likely N-dealkylation sites (tertiary alicyclic amines) is 1. The number of piperidine rings is 1. The van der Waals surface area contributed by atoms with Crippen molar-refractivity contribution in [2.45, 2.75) is 44.7 Å². The first-order valence-electron chi connectivity index (χ1n) is 10.8. The summed E-state index contributed by atoms with van der Waals surface area (Å²) in [7, 11) is 0. The lowest BCUT2D eigenvalue weighted by atomic mass is 9.85. The van der Waals surface area contributed by atoms with Gasteiger partial charge in [0.25, 0.3) is 5.91 Å². The summed E-state index contributed by atoms with van der Waals surface area (Å²) in [5.41, 5.74) is 0.553. The van der Waals surface area contributed by atoms with E-state index in [9.17, 15) is 9.59 Å².